The summed E-state index contributed by atoms with van der Waals surface area (Å²) < 4.78 is 13.8. The maximum absolute atomic E-state index is 11.8. The van der Waals surface area contributed by atoms with Crippen LogP contribution in [-0.4, -0.2) is 26.5 Å². The third-order valence-corrected chi connectivity index (χ3v) is 5.98. The first-order valence-electron chi connectivity index (χ1n) is 8.72. The normalized spacial score (nSPS) is 12.8. The number of hydrogen-bond acceptors (Lipinski definition) is 3. The number of amides is 1. The minimum Gasteiger partial charge on any atom is -0.369 e. The quantitative estimate of drug-likeness (QED) is 0.396. The van der Waals surface area contributed by atoms with Crippen LogP contribution in [0.25, 0.3) is 10.9 Å². The molecule has 0 spiro atoms. The van der Waals surface area contributed by atoms with E-state index in [9.17, 15) is 23.9 Å². The maximum atomic E-state index is 11.8. The molecule has 28 heavy (non-hydrogen) atoms. The van der Waals surface area contributed by atoms with E-state index in [4.69, 9.17) is 5.73 Å². The van der Waals surface area contributed by atoms with Gasteiger partial charge in [-0.2, -0.15) is 0 Å². The number of carbonyl (C=O) groups excluding carboxylic acids is 2. The molecule has 4 N–H and O–H groups in total. The minimum atomic E-state index is -4.51. The summed E-state index contributed by atoms with van der Waals surface area (Å²) in [5.41, 5.74) is 7.08. The van der Waals surface area contributed by atoms with E-state index in [1.807, 2.05) is 41.1 Å². The summed E-state index contributed by atoms with van der Waals surface area (Å²) in [7, 11) is -4.51. The highest BCUT2D eigenvalue weighted by atomic mass is 31.2. The maximum Gasteiger partial charge on any atom is 0.333 e. The Morgan fingerprint density at radius 2 is 1.89 bits per heavy atom. The number of primary amides is 1. The van der Waals surface area contributed by atoms with E-state index in [0.29, 0.717) is 29.3 Å². The molecule has 8 heteroatoms. The molecule has 0 aliphatic heterocycles. The fraction of sp³-hybridized carbons (Fsp3) is 0.200. The topological polar surface area (TPSA) is 123 Å². The fourth-order valence-electron chi connectivity index (χ4n) is 3.39. The Kier molecular flexibility index (Phi) is 5.79. The van der Waals surface area contributed by atoms with Crippen LogP contribution in [0, 0.1) is 0 Å². The molecule has 2 aromatic carbocycles. The number of aldehydes is 1. The predicted molar refractivity (Wildman–Crippen MR) is 106 cm³/mol. The summed E-state index contributed by atoms with van der Waals surface area (Å²) in [6.45, 7) is 0.575. The molecule has 0 saturated heterocycles. The van der Waals surface area contributed by atoms with Gasteiger partial charge in [0.2, 0.25) is 5.91 Å². The van der Waals surface area contributed by atoms with Crippen LogP contribution in [0.2, 0.25) is 0 Å². The van der Waals surface area contributed by atoms with Crippen molar-refractivity contribution in [3.8, 4) is 0 Å². The molecule has 0 saturated carbocycles. The van der Waals surface area contributed by atoms with Gasteiger partial charge in [0, 0.05) is 30.1 Å². The molecule has 146 valence electrons. The first-order valence-corrected chi connectivity index (χ1v) is 10.4. The van der Waals surface area contributed by atoms with Crippen LogP contribution in [-0.2, 0) is 27.1 Å². The highest BCUT2D eigenvalue weighted by molar-refractivity contribution is 7.52. The molecule has 3 aromatic rings. The Morgan fingerprint density at radius 1 is 1.18 bits per heavy atom. The van der Waals surface area contributed by atoms with Gasteiger partial charge in [-0.15, -0.1) is 0 Å². The standard InChI is InChI=1S/C20H21N2O5P/c21-20(24)11-16-13-22(12-14-4-2-1-3-5-14)18-7-6-15(10-17(16)18)19(8-9-23)28(25,26)27/h1-7,9-10,13,19H,8,11-12H2,(H2,21,24)(H2,25,26,27). The molecule has 0 bridgehead atoms. The van der Waals surface area contributed by atoms with Gasteiger partial charge in [-0.25, -0.2) is 0 Å². The van der Waals surface area contributed by atoms with Crippen molar-refractivity contribution in [3.05, 3.63) is 71.4 Å². The largest absolute Gasteiger partial charge is 0.369 e. The molecule has 1 heterocycles. The van der Waals surface area contributed by atoms with Gasteiger partial charge >= 0.3 is 7.60 Å². The van der Waals surface area contributed by atoms with Crippen LogP contribution >= 0.6 is 7.60 Å². The summed E-state index contributed by atoms with van der Waals surface area (Å²) in [5.74, 6) is -0.497. The van der Waals surface area contributed by atoms with Crippen molar-refractivity contribution >= 4 is 30.7 Å². The van der Waals surface area contributed by atoms with Crippen LogP contribution in [0.5, 0.6) is 0 Å². The number of carbonyl (C=O) groups is 2. The van der Waals surface area contributed by atoms with E-state index in [1.165, 1.54) is 0 Å². The Morgan fingerprint density at radius 3 is 2.50 bits per heavy atom. The van der Waals surface area contributed by atoms with Crippen LogP contribution in [0.3, 0.4) is 0 Å². The van der Waals surface area contributed by atoms with Crippen LogP contribution in [0.15, 0.2) is 54.7 Å². The minimum absolute atomic E-state index is 0.00992. The van der Waals surface area contributed by atoms with Gasteiger partial charge in [0.25, 0.3) is 0 Å². The summed E-state index contributed by atoms with van der Waals surface area (Å²) in [5, 5.41) is 0.691. The summed E-state index contributed by atoms with van der Waals surface area (Å²) in [6.07, 6.45) is 2.05. The molecule has 7 nitrogen and oxygen atoms in total. The number of nitrogens with two attached hydrogens (primary N) is 1. The molecule has 1 amide bonds. The number of aromatic nitrogens is 1. The van der Waals surface area contributed by atoms with Gasteiger partial charge in [-0.05, 0) is 28.8 Å². The second kappa shape index (κ2) is 8.10. The molecule has 3 rings (SSSR count). The van der Waals surface area contributed by atoms with Gasteiger partial charge in [-0.3, -0.25) is 9.36 Å². The predicted octanol–water partition coefficient (Wildman–Crippen LogP) is 2.53. The smallest absolute Gasteiger partial charge is 0.333 e. The lowest BCUT2D eigenvalue weighted by Gasteiger charge is -2.17. The van der Waals surface area contributed by atoms with Crippen molar-refractivity contribution in [2.45, 2.75) is 25.0 Å². The molecular formula is C20H21N2O5P. The zero-order valence-electron chi connectivity index (χ0n) is 15.1. The van der Waals surface area contributed by atoms with Crippen molar-refractivity contribution < 1.29 is 23.9 Å². The molecule has 0 aliphatic carbocycles. The third kappa shape index (κ3) is 4.39. The van der Waals surface area contributed by atoms with Crippen molar-refractivity contribution in [1.82, 2.24) is 4.57 Å². The highest BCUT2D eigenvalue weighted by Crippen LogP contribution is 2.53. The van der Waals surface area contributed by atoms with E-state index < -0.39 is 19.2 Å². The Labute approximate surface area is 161 Å². The number of fused-ring (bicyclic) bond motifs is 1. The molecule has 1 aromatic heterocycles. The van der Waals surface area contributed by atoms with Gasteiger partial charge in [0.15, 0.2) is 0 Å². The Balaban J connectivity index is 2.11. The van der Waals surface area contributed by atoms with E-state index in [0.717, 1.165) is 11.1 Å². The van der Waals surface area contributed by atoms with Crippen molar-refractivity contribution in [1.29, 1.82) is 0 Å². The lowest BCUT2D eigenvalue weighted by atomic mass is 10.0. The zero-order valence-corrected chi connectivity index (χ0v) is 16.0. The van der Waals surface area contributed by atoms with Gasteiger partial charge in [0.05, 0.1) is 12.1 Å². The average molecular weight is 400 g/mol. The monoisotopic (exact) mass is 400 g/mol. The number of benzene rings is 2. The van der Waals surface area contributed by atoms with E-state index >= 15 is 0 Å². The molecule has 0 radical (unpaired) electrons. The first kappa shape index (κ1) is 20.0. The van der Waals surface area contributed by atoms with Gasteiger partial charge in [-0.1, -0.05) is 36.4 Å². The molecule has 1 atom stereocenters. The van der Waals surface area contributed by atoms with Gasteiger partial charge in [0.1, 0.15) is 6.29 Å². The van der Waals surface area contributed by atoms with E-state index in [-0.39, 0.29) is 12.8 Å². The number of rotatable bonds is 8. The summed E-state index contributed by atoms with van der Waals surface area (Å²) in [4.78, 5) is 41.7. The SMILES string of the molecule is NC(=O)Cc1cn(Cc2ccccc2)c2ccc(C(CC=O)P(=O)(O)O)cc12. The molecule has 0 aliphatic rings. The van der Waals surface area contributed by atoms with Crippen molar-refractivity contribution in [2.75, 3.05) is 0 Å². The second-order valence-electron chi connectivity index (χ2n) is 6.69. The summed E-state index contributed by atoms with van der Waals surface area (Å²) >= 11 is 0. The second-order valence-corrected chi connectivity index (χ2v) is 8.50. The fourth-order valence-corrected chi connectivity index (χ4v) is 4.30. The number of nitrogens with zero attached hydrogens (tertiary/aromatic N) is 1. The lowest BCUT2D eigenvalue weighted by Crippen LogP contribution is -2.13. The zero-order chi connectivity index (χ0) is 20.3. The summed E-state index contributed by atoms with van der Waals surface area (Å²) in [6, 6.07) is 14.8. The van der Waals surface area contributed by atoms with Gasteiger partial charge < -0.3 is 24.9 Å². The van der Waals surface area contributed by atoms with Crippen LogP contribution in [0.4, 0.5) is 0 Å². The Hall–Kier alpha value is -2.73. The van der Waals surface area contributed by atoms with Crippen molar-refractivity contribution in [3.63, 3.8) is 0 Å². The lowest BCUT2D eigenvalue weighted by molar-refractivity contribution is -0.117. The average Bonchev–Trinajstić information content (AvgIpc) is 2.95. The van der Waals surface area contributed by atoms with Crippen LogP contribution < -0.4 is 5.73 Å². The van der Waals surface area contributed by atoms with E-state index in [2.05, 4.69) is 0 Å². The molecular weight excluding hydrogens is 379 g/mol. The van der Waals surface area contributed by atoms with E-state index in [1.54, 1.807) is 18.2 Å². The van der Waals surface area contributed by atoms with Crippen LogP contribution in [0.1, 0.15) is 28.8 Å². The third-order valence-electron chi connectivity index (χ3n) is 4.66. The molecule has 1 unspecified atom stereocenters. The molecule has 0 fully saturated rings. The first-order chi connectivity index (χ1) is 13.3. The Bertz CT molecular complexity index is 1060. The number of hydrogen-bond donors (Lipinski definition) is 3. The highest BCUT2D eigenvalue weighted by Gasteiger charge is 2.30. The van der Waals surface area contributed by atoms with Crippen molar-refractivity contribution in [2.24, 2.45) is 5.73 Å².